The number of anilines is 2. The van der Waals surface area contributed by atoms with Gasteiger partial charge in [-0.2, -0.15) is 10.2 Å². The highest BCUT2D eigenvalue weighted by molar-refractivity contribution is 7.80. The summed E-state index contributed by atoms with van der Waals surface area (Å²) < 4.78 is 14.4. The Hall–Kier alpha value is -3.27. The molecule has 0 amide bonds. The Bertz CT molecular complexity index is 1400. The van der Waals surface area contributed by atoms with Crippen molar-refractivity contribution >= 4 is 51.9 Å². The van der Waals surface area contributed by atoms with Crippen molar-refractivity contribution in [1.82, 2.24) is 19.6 Å². The van der Waals surface area contributed by atoms with E-state index in [0.717, 1.165) is 33.9 Å². The molecule has 0 aliphatic rings. The molecule has 2 aromatic carbocycles. The lowest BCUT2D eigenvalue weighted by molar-refractivity contribution is 0.354. The molecule has 11 heteroatoms. The van der Waals surface area contributed by atoms with Gasteiger partial charge in [-0.05, 0) is 61.5 Å². The molecule has 2 aromatic heterocycles. The fourth-order valence-corrected chi connectivity index (χ4v) is 4.49. The number of nitrogens with one attached hydrogen (secondary N) is 2. The number of methoxy groups -OCH3 is 2. The van der Waals surface area contributed by atoms with E-state index in [0.29, 0.717) is 39.7 Å². The maximum Gasteiger partial charge on any atom is 0.175 e. The predicted octanol–water partition coefficient (Wildman–Crippen LogP) is 5.93. The first-order chi connectivity index (χ1) is 17.3. The minimum Gasteiger partial charge on any atom is -0.493 e. The van der Waals surface area contributed by atoms with E-state index in [1.165, 1.54) is 0 Å². The Morgan fingerprint density at radius 2 is 1.78 bits per heavy atom. The topological polar surface area (TPSA) is 78.2 Å². The number of ether oxygens (including phenoxy) is 2. The quantitative estimate of drug-likeness (QED) is 0.266. The van der Waals surface area contributed by atoms with Crippen molar-refractivity contribution in [2.45, 2.75) is 26.9 Å². The number of thiocarbonyl (C=S) groups is 1. The molecule has 0 spiro atoms. The van der Waals surface area contributed by atoms with Gasteiger partial charge in [0, 0.05) is 16.2 Å². The highest BCUT2D eigenvalue weighted by atomic mass is 35.5. The van der Waals surface area contributed by atoms with Crippen LogP contribution in [0.5, 0.6) is 11.5 Å². The molecule has 2 heterocycles. The summed E-state index contributed by atoms with van der Waals surface area (Å²) in [4.78, 5) is 0. The zero-order valence-electron chi connectivity index (χ0n) is 20.3. The van der Waals surface area contributed by atoms with Gasteiger partial charge in [0.2, 0.25) is 0 Å². The molecule has 36 heavy (non-hydrogen) atoms. The largest absolute Gasteiger partial charge is 0.493 e. The van der Waals surface area contributed by atoms with Crippen LogP contribution in [0.25, 0.3) is 0 Å². The Balaban J connectivity index is 1.41. The van der Waals surface area contributed by atoms with Crippen molar-refractivity contribution in [1.29, 1.82) is 0 Å². The van der Waals surface area contributed by atoms with E-state index >= 15 is 0 Å². The molecular formula is C25H26Cl2N6O2S. The van der Waals surface area contributed by atoms with Crippen LogP contribution in [0, 0.1) is 13.8 Å². The van der Waals surface area contributed by atoms with Gasteiger partial charge in [-0.15, -0.1) is 0 Å². The molecule has 8 nitrogen and oxygen atoms in total. The maximum atomic E-state index is 6.28. The smallest absolute Gasteiger partial charge is 0.175 e. The van der Waals surface area contributed by atoms with Crippen molar-refractivity contribution in [2.24, 2.45) is 0 Å². The lowest BCUT2D eigenvalue weighted by atomic mass is 10.2. The summed E-state index contributed by atoms with van der Waals surface area (Å²) in [6, 6.07) is 11.2. The van der Waals surface area contributed by atoms with Crippen LogP contribution in [0.15, 0.2) is 48.8 Å². The Kier molecular flexibility index (Phi) is 8.03. The van der Waals surface area contributed by atoms with Crippen LogP contribution < -0.4 is 20.1 Å². The summed E-state index contributed by atoms with van der Waals surface area (Å²) in [6.45, 7) is 5.03. The molecule has 0 fully saturated rings. The van der Waals surface area contributed by atoms with Crippen LogP contribution in [-0.4, -0.2) is 38.9 Å². The summed E-state index contributed by atoms with van der Waals surface area (Å²) in [7, 11) is 3.24. The van der Waals surface area contributed by atoms with Crippen LogP contribution in [0.1, 0.15) is 22.5 Å². The van der Waals surface area contributed by atoms with Crippen molar-refractivity contribution in [3.05, 3.63) is 81.4 Å². The molecule has 0 radical (unpaired) electrons. The Morgan fingerprint density at radius 1 is 1.00 bits per heavy atom. The van der Waals surface area contributed by atoms with E-state index in [4.69, 9.17) is 44.9 Å². The third-order valence-corrected chi connectivity index (χ3v) is 6.43. The van der Waals surface area contributed by atoms with Gasteiger partial charge in [0.1, 0.15) is 0 Å². The Labute approximate surface area is 225 Å². The minimum absolute atomic E-state index is 0.441. The van der Waals surface area contributed by atoms with Crippen LogP contribution >= 0.6 is 35.4 Å². The zero-order valence-corrected chi connectivity index (χ0v) is 22.6. The molecule has 4 rings (SSSR count). The molecule has 0 unspecified atom stereocenters. The molecule has 0 bridgehead atoms. The highest BCUT2D eigenvalue weighted by Crippen LogP contribution is 2.29. The molecule has 0 aliphatic carbocycles. The van der Waals surface area contributed by atoms with Gasteiger partial charge >= 0.3 is 0 Å². The fourth-order valence-electron chi connectivity index (χ4n) is 3.80. The van der Waals surface area contributed by atoms with Crippen molar-refractivity contribution in [2.75, 3.05) is 24.9 Å². The standard InChI is InChI=1S/C25H26Cl2N6O2S/c1-15-24(16(2)33(31-15)12-17-5-8-22(34-3)23(9-17)35-4)30-25(36)29-20-11-28-32(14-20)13-18-6-7-19(26)10-21(18)27/h5-11,14H,12-13H2,1-4H3,(H2,29,30,36). The number of nitrogens with zero attached hydrogens (tertiary/aromatic N) is 4. The molecule has 0 aliphatic heterocycles. The van der Waals surface area contributed by atoms with Crippen molar-refractivity contribution in [3.8, 4) is 11.5 Å². The van der Waals surface area contributed by atoms with E-state index in [1.54, 1.807) is 37.2 Å². The second-order valence-electron chi connectivity index (χ2n) is 8.13. The maximum absolute atomic E-state index is 6.28. The summed E-state index contributed by atoms with van der Waals surface area (Å²) in [6.07, 6.45) is 3.57. The van der Waals surface area contributed by atoms with E-state index < -0.39 is 0 Å². The molecule has 2 N–H and O–H groups in total. The Morgan fingerprint density at radius 3 is 2.50 bits per heavy atom. The number of rotatable bonds is 8. The van der Waals surface area contributed by atoms with Crippen molar-refractivity contribution in [3.63, 3.8) is 0 Å². The summed E-state index contributed by atoms with van der Waals surface area (Å²) >= 11 is 17.8. The predicted molar refractivity (Wildman–Crippen MR) is 148 cm³/mol. The van der Waals surface area contributed by atoms with E-state index in [2.05, 4.69) is 20.8 Å². The van der Waals surface area contributed by atoms with Gasteiger partial charge in [-0.3, -0.25) is 9.36 Å². The van der Waals surface area contributed by atoms with E-state index in [9.17, 15) is 0 Å². The molecule has 188 valence electrons. The van der Waals surface area contributed by atoms with Gasteiger partial charge in [0.15, 0.2) is 16.6 Å². The lowest BCUT2D eigenvalue weighted by Gasteiger charge is -2.11. The van der Waals surface area contributed by atoms with Gasteiger partial charge < -0.3 is 20.1 Å². The number of benzene rings is 2. The molecule has 0 saturated carbocycles. The van der Waals surface area contributed by atoms with Gasteiger partial charge in [-0.1, -0.05) is 35.3 Å². The second kappa shape index (κ2) is 11.2. The number of hydrogen-bond donors (Lipinski definition) is 2. The van der Waals surface area contributed by atoms with E-state index in [1.807, 2.05) is 49.0 Å². The number of hydrogen-bond acceptors (Lipinski definition) is 5. The first-order valence-electron chi connectivity index (χ1n) is 11.1. The number of aryl methyl sites for hydroxylation is 1. The number of aromatic nitrogens is 4. The average molecular weight is 545 g/mol. The van der Waals surface area contributed by atoms with Crippen LogP contribution in [0.4, 0.5) is 11.4 Å². The first kappa shape index (κ1) is 25.8. The monoisotopic (exact) mass is 544 g/mol. The molecule has 0 saturated heterocycles. The third-order valence-electron chi connectivity index (χ3n) is 5.64. The van der Waals surface area contributed by atoms with Crippen LogP contribution in [-0.2, 0) is 13.1 Å². The SMILES string of the molecule is COc1ccc(Cn2nc(C)c(NC(=S)Nc3cnn(Cc4ccc(Cl)cc4Cl)c3)c2C)cc1OC. The lowest BCUT2D eigenvalue weighted by Crippen LogP contribution is -2.19. The van der Waals surface area contributed by atoms with Gasteiger partial charge in [0.05, 0.1) is 56.3 Å². The first-order valence-corrected chi connectivity index (χ1v) is 12.2. The molecule has 4 aromatic rings. The highest BCUT2D eigenvalue weighted by Gasteiger charge is 2.15. The molecule has 0 atom stereocenters. The summed E-state index contributed by atoms with van der Waals surface area (Å²) in [5.41, 5.74) is 5.37. The summed E-state index contributed by atoms with van der Waals surface area (Å²) in [5, 5.41) is 17.2. The van der Waals surface area contributed by atoms with Gasteiger partial charge in [0.25, 0.3) is 0 Å². The van der Waals surface area contributed by atoms with Crippen LogP contribution in [0.2, 0.25) is 10.0 Å². The van der Waals surface area contributed by atoms with Gasteiger partial charge in [-0.25, -0.2) is 0 Å². The third kappa shape index (κ3) is 5.92. The number of halogens is 2. The molecular weight excluding hydrogens is 519 g/mol. The van der Waals surface area contributed by atoms with Crippen molar-refractivity contribution < 1.29 is 9.47 Å². The minimum atomic E-state index is 0.441. The normalized spacial score (nSPS) is 10.8. The average Bonchev–Trinajstić information content (AvgIpc) is 3.39. The zero-order chi connectivity index (χ0) is 25.8. The summed E-state index contributed by atoms with van der Waals surface area (Å²) in [5.74, 6) is 1.37. The van der Waals surface area contributed by atoms with Crippen LogP contribution in [0.3, 0.4) is 0 Å². The van der Waals surface area contributed by atoms with E-state index in [-0.39, 0.29) is 0 Å². The fraction of sp³-hybridized carbons (Fsp3) is 0.240. The second-order valence-corrected chi connectivity index (χ2v) is 9.39.